The lowest BCUT2D eigenvalue weighted by Gasteiger charge is -2.14. The molecule has 5 nitrogen and oxygen atoms in total. The first-order chi connectivity index (χ1) is 9.08. The van der Waals surface area contributed by atoms with Crippen molar-refractivity contribution >= 4 is 23.3 Å². The Labute approximate surface area is 116 Å². The molecule has 0 aliphatic heterocycles. The maximum absolute atomic E-state index is 11.3. The first-order valence-electron chi connectivity index (χ1n) is 6.29. The molecule has 0 radical (unpaired) electrons. The normalized spacial score (nSPS) is 11.9. The lowest BCUT2D eigenvalue weighted by atomic mass is 10.1. The Morgan fingerprint density at radius 2 is 2.16 bits per heavy atom. The standard InChI is InChI=1S/C13H19NO4S/c1-4-5-6-7-11(18-9(2)15)12-14-10(8-19-12)13(16)17-3/h8,11H,4-7H2,1-3H3. The highest BCUT2D eigenvalue weighted by Crippen LogP contribution is 2.27. The lowest BCUT2D eigenvalue weighted by Crippen LogP contribution is -2.09. The molecule has 0 saturated heterocycles. The number of unbranched alkanes of at least 4 members (excludes halogenated alkanes) is 2. The minimum absolute atomic E-state index is 0.259. The van der Waals surface area contributed by atoms with E-state index in [2.05, 4.69) is 16.6 Å². The summed E-state index contributed by atoms with van der Waals surface area (Å²) in [6.07, 6.45) is 3.49. The molecule has 0 spiro atoms. The number of thiazole rings is 1. The highest BCUT2D eigenvalue weighted by atomic mass is 32.1. The van der Waals surface area contributed by atoms with E-state index in [9.17, 15) is 9.59 Å². The summed E-state index contributed by atoms with van der Waals surface area (Å²) in [4.78, 5) is 26.6. The number of hydrogen-bond acceptors (Lipinski definition) is 6. The van der Waals surface area contributed by atoms with Crippen LogP contribution in [-0.4, -0.2) is 24.0 Å². The zero-order valence-corrected chi connectivity index (χ0v) is 12.3. The second-order valence-electron chi connectivity index (χ2n) is 4.16. The largest absolute Gasteiger partial charge is 0.464 e. The summed E-state index contributed by atoms with van der Waals surface area (Å²) in [6.45, 7) is 3.49. The van der Waals surface area contributed by atoms with Crippen LogP contribution in [0.4, 0.5) is 0 Å². The summed E-state index contributed by atoms with van der Waals surface area (Å²) in [6, 6.07) is 0. The van der Waals surface area contributed by atoms with Gasteiger partial charge < -0.3 is 9.47 Å². The Morgan fingerprint density at radius 3 is 2.74 bits per heavy atom. The smallest absolute Gasteiger partial charge is 0.357 e. The second kappa shape index (κ2) is 7.89. The van der Waals surface area contributed by atoms with E-state index in [4.69, 9.17) is 4.74 Å². The maximum atomic E-state index is 11.3. The Hall–Kier alpha value is -1.43. The van der Waals surface area contributed by atoms with Crippen LogP contribution in [0, 0.1) is 0 Å². The van der Waals surface area contributed by atoms with Gasteiger partial charge in [0.05, 0.1) is 7.11 Å². The average Bonchev–Trinajstić information content (AvgIpc) is 2.86. The van der Waals surface area contributed by atoms with Gasteiger partial charge in [0, 0.05) is 12.3 Å². The number of esters is 2. The van der Waals surface area contributed by atoms with Crippen LogP contribution in [0.1, 0.15) is 61.1 Å². The molecule has 1 heterocycles. The summed E-state index contributed by atoms with van der Waals surface area (Å²) in [5.74, 6) is -0.811. The SMILES string of the molecule is CCCCCC(OC(C)=O)c1nc(C(=O)OC)cs1. The van der Waals surface area contributed by atoms with Gasteiger partial charge in [0.2, 0.25) is 0 Å². The van der Waals surface area contributed by atoms with E-state index in [1.54, 1.807) is 5.38 Å². The topological polar surface area (TPSA) is 65.5 Å². The lowest BCUT2D eigenvalue weighted by molar-refractivity contribution is -0.147. The molecule has 0 aliphatic rings. The average molecular weight is 285 g/mol. The Morgan fingerprint density at radius 1 is 1.42 bits per heavy atom. The van der Waals surface area contributed by atoms with Crippen molar-refractivity contribution in [2.24, 2.45) is 0 Å². The van der Waals surface area contributed by atoms with E-state index >= 15 is 0 Å². The molecule has 0 fully saturated rings. The van der Waals surface area contributed by atoms with Gasteiger partial charge in [-0.15, -0.1) is 11.3 Å². The van der Waals surface area contributed by atoms with Crippen molar-refractivity contribution in [2.75, 3.05) is 7.11 Å². The molecule has 1 aromatic rings. The van der Waals surface area contributed by atoms with Gasteiger partial charge >= 0.3 is 11.9 Å². The Kier molecular flexibility index (Phi) is 6.49. The molecule has 6 heteroatoms. The van der Waals surface area contributed by atoms with E-state index in [-0.39, 0.29) is 17.8 Å². The number of rotatable bonds is 7. The van der Waals surface area contributed by atoms with E-state index in [0.717, 1.165) is 25.7 Å². The molecule has 106 valence electrons. The number of methoxy groups -OCH3 is 1. The molecule has 1 rings (SSSR count). The zero-order valence-electron chi connectivity index (χ0n) is 11.5. The van der Waals surface area contributed by atoms with Crippen LogP contribution in [-0.2, 0) is 14.3 Å². The van der Waals surface area contributed by atoms with Crippen LogP contribution in [0.5, 0.6) is 0 Å². The molecule has 0 bridgehead atoms. The molecule has 19 heavy (non-hydrogen) atoms. The van der Waals surface area contributed by atoms with Gasteiger partial charge in [-0.1, -0.05) is 19.8 Å². The van der Waals surface area contributed by atoms with Crippen molar-refractivity contribution in [2.45, 2.75) is 45.6 Å². The zero-order chi connectivity index (χ0) is 14.3. The van der Waals surface area contributed by atoms with Gasteiger partial charge in [-0.25, -0.2) is 9.78 Å². The van der Waals surface area contributed by atoms with Crippen molar-refractivity contribution in [3.8, 4) is 0 Å². The van der Waals surface area contributed by atoms with E-state index < -0.39 is 5.97 Å². The van der Waals surface area contributed by atoms with Crippen LogP contribution >= 0.6 is 11.3 Å². The van der Waals surface area contributed by atoms with E-state index in [1.165, 1.54) is 25.4 Å². The highest BCUT2D eigenvalue weighted by Gasteiger charge is 2.20. The molecule has 0 amide bonds. The minimum Gasteiger partial charge on any atom is -0.464 e. The van der Waals surface area contributed by atoms with E-state index in [1.807, 2.05) is 0 Å². The number of aromatic nitrogens is 1. The first kappa shape index (κ1) is 15.6. The molecule has 1 unspecified atom stereocenters. The van der Waals surface area contributed by atoms with Crippen molar-refractivity contribution in [3.63, 3.8) is 0 Å². The van der Waals surface area contributed by atoms with Crippen LogP contribution in [0.2, 0.25) is 0 Å². The Balaban J connectivity index is 2.75. The summed E-state index contributed by atoms with van der Waals surface area (Å²) >= 11 is 1.31. The first-order valence-corrected chi connectivity index (χ1v) is 7.17. The summed E-state index contributed by atoms with van der Waals surface area (Å²) in [5.41, 5.74) is 0.259. The van der Waals surface area contributed by atoms with Crippen LogP contribution in [0.25, 0.3) is 0 Å². The predicted molar refractivity (Wildman–Crippen MR) is 72.1 cm³/mol. The fourth-order valence-corrected chi connectivity index (χ4v) is 2.50. The van der Waals surface area contributed by atoms with Crippen molar-refractivity contribution < 1.29 is 19.1 Å². The van der Waals surface area contributed by atoms with Gasteiger partial charge in [-0.3, -0.25) is 4.79 Å². The van der Waals surface area contributed by atoms with E-state index in [0.29, 0.717) is 5.01 Å². The van der Waals surface area contributed by atoms with Gasteiger partial charge in [0.15, 0.2) is 11.8 Å². The second-order valence-corrected chi connectivity index (χ2v) is 5.05. The number of hydrogen-bond donors (Lipinski definition) is 0. The summed E-state index contributed by atoms with van der Waals surface area (Å²) < 4.78 is 9.87. The summed E-state index contributed by atoms with van der Waals surface area (Å²) in [7, 11) is 1.31. The number of nitrogens with zero attached hydrogens (tertiary/aromatic N) is 1. The van der Waals surface area contributed by atoms with Crippen LogP contribution in [0.3, 0.4) is 0 Å². The third kappa shape index (κ3) is 4.98. The molecular weight excluding hydrogens is 266 g/mol. The molecule has 0 N–H and O–H groups in total. The van der Waals surface area contributed by atoms with Gasteiger partial charge in [0.1, 0.15) is 5.01 Å². The third-order valence-electron chi connectivity index (χ3n) is 2.57. The number of ether oxygens (including phenoxy) is 2. The fraction of sp³-hybridized carbons (Fsp3) is 0.615. The van der Waals surface area contributed by atoms with Crippen molar-refractivity contribution in [1.29, 1.82) is 0 Å². The highest BCUT2D eigenvalue weighted by molar-refractivity contribution is 7.09. The number of carbonyl (C=O) groups is 2. The summed E-state index contributed by atoms with van der Waals surface area (Å²) in [5, 5.41) is 2.27. The number of carbonyl (C=O) groups excluding carboxylic acids is 2. The molecule has 1 atom stereocenters. The van der Waals surface area contributed by atoms with Gasteiger partial charge in [-0.05, 0) is 12.8 Å². The van der Waals surface area contributed by atoms with Gasteiger partial charge in [0.25, 0.3) is 0 Å². The van der Waals surface area contributed by atoms with Gasteiger partial charge in [-0.2, -0.15) is 0 Å². The molecule has 0 aromatic carbocycles. The predicted octanol–water partition coefficient (Wildman–Crippen LogP) is 3.11. The molecular formula is C13H19NO4S. The van der Waals surface area contributed by atoms with Crippen molar-refractivity contribution in [3.05, 3.63) is 16.1 Å². The fourth-order valence-electron chi connectivity index (χ4n) is 1.65. The quantitative estimate of drug-likeness (QED) is 0.569. The minimum atomic E-state index is -0.474. The van der Waals surface area contributed by atoms with Crippen molar-refractivity contribution in [1.82, 2.24) is 4.98 Å². The monoisotopic (exact) mass is 285 g/mol. The molecule has 0 aliphatic carbocycles. The maximum Gasteiger partial charge on any atom is 0.357 e. The Bertz CT molecular complexity index is 430. The van der Waals surface area contributed by atoms with Crippen LogP contribution < -0.4 is 0 Å². The third-order valence-corrected chi connectivity index (χ3v) is 3.51. The molecule has 0 saturated carbocycles. The van der Waals surface area contributed by atoms with Crippen LogP contribution in [0.15, 0.2) is 5.38 Å². The molecule has 1 aromatic heterocycles.